The van der Waals surface area contributed by atoms with Crippen molar-refractivity contribution in [3.05, 3.63) is 468 Å². The van der Waals surface area contributed by atoms with Gasteiger partial charge in [0.2, 0.25) is 0 Å². The zero-order chi connectivity index (χ0) is 94.1. The molecule has 143 heavy (non-hydrogen) atoms. The third kappa shape index (κ3) is 13.9. The van der Waals surface area contributed by atoms with Crippen LogP contribution < -0.4 is 0 Å². The van der Waals surface area contributed by atoms with E-state index in [-0.39, 0.29) is 0 Å². The van der Waals surface area contributed by atoms with E-state index in [1.807, 2.05) is 127 Å². The predicted molar refractivity (Wildman–Crippen MR) is 585 cm³/mol. The Labute approximate surface area is 817 Å². The van der Waals surface area contributed by atoms with Crippen LogP contribution in [0.1, 0.15) is 0 Å². The standard InChI is InChI=1S/C44H27N5.2C42H25N5/c1-3-13-28(14-4-1)34-26-38-39(47-43(37-19-9-11-23-45-37)41(46-38)29-15-5-2-6-16-29)27-35(34)30-21-22-33-36(25-30)31-17-7-8-18-32(31)42-44(33)49-24-12-10-20-40(49)48-42;1-2-10-26(11-3-1)38-41(35-14-6-8-22-43-35)44-36-21-18-29-24-27(16-19-30(29)39(36)46-38)28-17-20-33-34(25-28)31-12-4-5-13-32(31)40-42(33)47-23-9-7-15-37(47)45-40;1-2-10-27(11-3-1)38-41(35-14-6-8-22-43-35)46-39-33-24-28(17-16-26(33)19-21-36(39)44-38)29-18-20-32-34(25-29)30-12-4-5-13-31(30)40-42(32)47-23-9-7-15-37(47)45-40/h1-27H;2*1-25H. The molecule has 0 amide bonds. The molecule has 12 aromatic heterocycles. The zero-order valence-corrected chi connectivity index (χ0v) is 76.7. The Kier molecular flexibility index (Phi) is 19.2. The molecule has 0 saturated carbocycles. The molecule has 0 unspecified atom stereocenters. The van der Waals surface area contributed by atoms with Gasteiger partial charge in [0, 0.05) is 97.0 Å². The molecule has 0 atom stereocenters. The fourth-order valence-corrected chi connectivity index (χ4v) is 21.2. The predicted octanol–water partition coefficient (Wildman–Crippen LogP) is 31.4. The van der Waals surface area contributed by atoms with Gasteiger partial charge >= 0.3 is 0 Å². The monoisotopic (exact) mass is 1820 g/mol. The smallest absolute Gasteiger partial charge is 0.137 e. The molecule has 30 rings (SSSR count). The Morgan fingerprint density at radius 1 is 0.154 bits per heavy atom. The summed E-state index contributed by atoms with van der Waals surface area (Å²) in [6, 6.07) is 150. The van der Waals surface area contributed by atoms with E-state index in [0.717, 1.165) is 222 Å². The first-order valence-electron chi connectivity index (χ1n) is 47.9. The van der Waals surface area contributed by atoms with Gasteiger partial charge in [0.25, 0.3) is 0 Å². The lowest BCUT2D eigenvalue weighted by Gasteiger charge is -2.16. The molecule has 664 valence electrons. The van der Waals surface area contributed by atoms with Gasteiger partial charge in [-0.15, -0.1) is 0 Å². The minimum absolute atomic E-state index is 0.761. The molecular formula is C128H77N15. The topological polar surface area (TPSA) is 168 Å². The van der Waals surface area contributed by atoms with Crippen LogP contribution in [-0.2, 0) is 0 Å². The van der Waals surface area contributed by atoms with Gasteiger partial charge in [0.1, 0.15) is 34.0 Å². The summed E-state index contributed by atoms with van der Waals surface area (Å²) in [5, 5.41) is 18.6. The van der Waals surface area contributed by atoms with Crippen LogP contribution >= 0.6 is 0 Å². The van der Waals surface area contributed by atoms with E-state index in [1.54, 1.807) is 18.6 Å². The molecular weight excluding hydrogens is 1750 g/mol. The molecule has 15 nitrogen and oxygen atoms in total. The lowest BCUT2D eigenvalue weighted by molar-refractivity contribution is 1.23. The number of fused-ring (bicyclic) bond motifs is 31. The summed E-state index contributed by atoms with van der Waals surface area (Å²) in [5.41, 5.74) is 33.7. The summed E-state index contributed by atoms with van der Waals surface area (Å²) in [6.45, 7) is 0. The van der Waals surface area contributed by atoms with Gasteiger partial charge in [0.05, 0.1) is 100 Å². The first-order chi connectivity index (χ1) is 70.9. The van der Waals surface area contributed by atoms with Crippen molar-refractivity contribution in [2.24, 2.45) is 0 Å². The van der Waals surface area contributed by atoms with Crippen molar-refractivity contribution >= 4 is 169 Å². The molecule has 0 aliphatic rings. The number of pyridine rings is 6. The van der Waals surface area contributed by atoms with Crippen LogP contribution in [0.15, 0.2) is 468 Å². The Balaban J connectivity index is 0.000000105. The average molecular weight is 1830 g/mol. The van der Waals surface area contributed by atoms with E-state index >= 15 is 0 Å². The van der Waals surface area contributed by atoms with Gasteiger partial charge in [-0.3, -0.25) is 28.2 Å². The highest BCUT2D eigenvalue weighted by Crippen LogP contribution is 2.47. The van der Waals surface area contributed by atoms with Crippen LogP contribution in [0.3, 0.4) is 0 Å². The Morgan fingerprint density at radius 2 is 0.462 bits per heavy atom. The maximum Gasteiger partial charge on any atom is 0.137 e. The molecule has 18 aromatic carbocycles. The van der Waals surface area contributed by atoms with Crippen molar-refractivity contribution in [1.82, 2.24) is 73.0 Å². The molecule has 0 radical (unpaired) electrons. The van der Waals surface area contributed by atoms with E-state index in [4.69, 9.17) is 44.9 Å². The third-order valence-electron chi connectivity index (χ3n) is 27.9. The van der Waals surface area contributed by atoms with Gasteiger partial charge in [-0.2, -0.15) is 0 Å². The van der Waals surface area contributed by atoms with Gasteiger partial charge in [-0.25, -0.2) is 44.9 Å². The minimum Gasteiger partial charge on any atom is -0.299 e. The van der Waals surface area contributed by atoms with Gasteiger partial charge in [0.15, 0.2) is 0 Å². The second-order valence-electron chi connectivity index (χ2n) is 36.1. The molecule has 30 aromatic rings. The summed E-state index contributed by atoms with van der Waals surface area (Å²) in [4.78, 5) is 60.5. The summed E-state index contributed by atoms with van der Waals surface area (Å²) in [7, 11) is 0. The summed E-state index contributed by atoms with van der Waals surface area (Å²) in [5.74, 6) is 0. The fraction of sp³-hybridized carbons (Fsp3) is 0. The number of nitrogens with zero attached hydrogens (tertiary/aromatic N) is 15. The second-order valence-corrected chi connectivity index (χ2v) is 36.1. The van der Waals surface area contributed by atoms with Gasteiger partial charge < -0.3 is 0 Å². The molecule has 15 heteroatoms. The van der Waals surface area contributed by atoms with E-state index in [2.05, 4.69) is 350 Å². The first kappa shape index (κ1) is 81.7. The highest BCUT2D eigenvalue weighted by molar-refractivity contribution is 6.28. The summed E-state index contributed by atoms with van der Waals surface area (Å²) < 4.78 is 6.61. The molecule has 0 aliphatic carbocycles. The van der Waals surface area contributed by atoms with Crippen molar-refractivity contribution in [3.63, 3.8) is 0 Å². The normalized spacial score (nSPS) is 11.8. The van der Waals surface area contributed by atoms with Crippen molar-refractivity contribution in [3.8, 4) is 112 Å². The van der Waals surface area contributed by atoms with Crippen molar-refractivity contribution in [2.75, 3.05) is 0 Å². The number of hydrogen-bond donors (Lipinski definition) is 0. The summed E-state index contributed by atoms with van der Waals surface area (Å²) in [6.07, 6.45) is 11.7. The van der Waals surface area contributed by atoms with Crippen LogP contribution in [0.5, 0.6) is 0 Å². The van der Waals surface area contributed by atoms with E-state index < -0.39 is 0 Å². The average Bonchev–Trinajstić information content (AvgIpc) is 1.58. The Hall–Kier alpha value is -19.6. The number of benzene rings is 18. The van der Waals surface area contributed by atoms with E-state index in [0.29, 0.717) is 0 Å². The lowest BCUT2D eigenvalue weighted by atomic mass is 9.91. The number of imidazole rings is 3. The molecule has 0 aliphatic heterocycles. The van der Waals surface area contributed by atoms with Crippen LogP contribution in [-0.4, -0.2) is 73.0 Å². The van der Waals surface area contributed by atoms with E-state index in [1.165, 1.54) is 59.4 Å². The second kappa shape index (κ2) is 33.7. The van der Waals surface area contributed by atoms with Crippen LogP contribution in [0.4, 0.5) is 0 Å². The molecule has 0 N–H and O–H groups in total. The van der Waals surface area contributed by atoms with Crippen LogP contribution in [0.25, 0.3) is 282 Å². The summed E-state index contributed by atoms with van der Waals surface area (Å²) >= 11 is 0. The number of aromatic nitrogens is 15. The molecule has 0 bridgehead atoms. The SMILES string of the molecule is c1ccc(-c2cc3nc(-c4ccccc4)c(-c4ccccn4)nc3cc2-c2ccc3c(c2)c2ccccc2c2nc4ccccn4c32)cc1.c1ccc(-c2nc3c(ccc4cc(-c5ccc6c(c5)c5ccccc5c5nc7ccccn7c65)ccc43)nc2-c2ccccn2)cc1.c1ccc(-c2nc3ccc4ccc(-c5ccc6c(c5)c5ccccc5c5nc7ccccn7c65)cc4c3nc2-c2ccccn2)cc1. The van der Waals surface area contributed by atoms with Gasteiger partial charge in [-0.05, 0) is 215 Å². The highest BCUT2D eigenvalue weighted by Gasteiger charge is 2.26. The highest BCUT2D eigenvalue weighted by atomic mass is 15.0. The molecule has 0 spiro atoms. The maximum atomic E-state index is 5.30. The molecule has 0 saturated heterocycles. The van der Waals surface area contributed by atoms with Crippen LogP contribution in [0.2, 0.25) is 0 Å². The quantitative estimate of drug-likeness (QED) is 0.119. The number of rotatable bonds is 10. The minimum atomic E-state index is 0.761. The largest absolute Gasteiger partial charge is 0.299 e. The lowest BCUT2D eigenvalue weighted by Crippen LogP contribution is -1.98. The number of hydrogen-bond acceptors (Lipinski definition) is 12. The van der Waals surface area contributed by atoms with Gasteiger partial charge in [-0.1, -0.05) is 303 Å². The maximum absolute atomic E-state index is 5.30. The van der Waals surface area contributed by atoms with Crippen molar-refractivity contribution < 1.29 is 0 Å². The van der Waals surface area contributed by atoms with Crippen molar-refractivity contribution in [2.45, 2.75) is 0 Å². The third-order valence-corrected chi connectivity index (χ3v) is 27.9. The zero-order valence-electron chi connectivity index (χ0n) is 76.7. The van der Waals surface area contributed by atoms with Crippen LogP contribution in [0, 0.1) is 0 Å². The molecule has 12 heterocycles. The fourth-order valence-electron chi connectivity index (χ4n) is 21.2. The Bertz CT molecular complexity index is 10400. The van der Waals surface area contributed by atoms with Crippen molar-refractivity contribution in [1.29, 1.82) is 0 Å². The first-order valence-corrected chi connectivity index (χ1v) is 47.9. The molecule has 0 fully saturated rings. The Morgan fingerprint density at radius 3 is 0.902 bits per heavy atom. The van der Waals surface area contributed by atoms with E-state index in [9.17, 15) is 0 Å².